The first kappa shape index (κ1) is 10.3. The van der Waals surface area contributed by atoms with E-state index in [0.717, 1.165) is 17.1 Å². The second-order valence-corrected chi connectivity index (χ2v) is 4.66. The van der Waals surface area contributed by atoms with E-state index in [1.54, 1.807) is 0 Å². The maximum Gasteiger partial charge on any atom is 0.109 e. The Balaban J connectivity index is 3.10. The maximum absolute atomic E-state index is 5.81. The Bertz CT molecular complexity index is 292. The van der Waals surface area contributed by atoms with E-state index >= 15 is 0 Å². The lowest BCUT2D eigenvalue weighted by Gasteiger charge is -2.13. The van der Waals surface area contributed by atoms with E-state index in [0.29, 0.717) is 0 Å². The van der Waals surface area contributed by atoms with Crippen molar-refractivity contribution in [1.29, 1.82) is 0 Å². The average Bonchev–Trinajstić information content (AvgIpc) is 2.29. The Morgan fingerprint density at radius 3 is 2.15 bits per heavy atom. The molecule has 1 rings (SSSR count). The van der Waals surface area contributed by atoms with Gasteiger partial charge in [0.15, 0.2) is 0 Å². The minimum absolute atomic E-state index is 0.0554. The fraction of sp³-hybridized carbons (Fsp3) is 0.636. The third-order valence-corrected chi connectivity index (χ3v) is 2.19. The van der Waals surface area contributed by atoms with Crippen molar-refractivity contribution in [3.8, 4) is 0 Å². The first-order valence-corrected chi connectivity index (χ1v) is 4.68. The molecule has 0 bridgehead atoms. The number of furan rings is 1. The molecule has 13 heavy (non-hydrogen) atoms. The molecule has 2 N–H and O–H groups in total. The van der Waals surface area contributed by atoms with Gasteiger partial charge in [-0.1, -0.05) is 20.8 Å². The summed E-state index contributed by atoms with van der Waals surface area (Å²) in [6.45, 7) is 10.3. The molecule has 0 fully saturated rings. The Morgan fingerprint density at radius 2 is 1.92 bits per heavy atom. The van der Waals surface area contributed by atoms with Crippen molar-refractivity contribution in [3.63, 3.8) is 0 Å². The highest BCUT2D eigenvalue weighted by Crippen LogP contribution is 2.28. The van der Waals surface area contributed by atoms with Crippen molar-refractivity contribution in [3.05, 3.63) is 23.2 Å². The zero-order chi connectivity index (χ0) is 10.2. The summed E-state index contributed by atoms with van der Waals surface area (Å²) in [5, 5.41) is 0. The summed E-state index contributed by atoms with van der Waals surface area (Å²) in [5.74, 6) is 1.96. The standard InChI is InChI=1S/C11H19NO/c1-7(12)9-6-10(11(3,4)5)13-8(9)2/h6-7H,12H2,1-5H3. The quantitative estimate of drug-likeness (QED) is 0.723. The monoisotopic (exact) mass is 181 g/mol. The highest BCUT2D eigenvalue weighted by molar-refractivity contribution is 5.26. The average molecular weight is 181 g/mol. The van der Waals surface area contributed by atoms with Crippen molar-refractivity contribution < 1.29 is 4.42 Å². The molecule has 1 aromatic rings. The lowest BCUT2D eigenvalue weighted by molar-refractivity contribution is 0.394. The lowest BCUT2D eigenvalue weighted by Crippen LogP contribution is -2.09. The van der Waals surface area contributed by atoms with Crippen LogP contribution in [0.1, 0.15) is 50.8 Å². The van der Waals surface area contributed by atoms with Gasteiger partial charge in [-0.2, -0.15) is 0 Å². The minimum Gasteiger partial charge on any atom is -0.465 e. The molecule has 1 unspecified atom stereocenters. The zero-order valence-corrected chi connectivity index (χ0v) is 9.14. The summed E-state index contributed by atoms with van der Waals surface area (Å²) in [4.78, 5) is 0. The molecule has 74 valence electrons. The van der Waals surface area contributed by atoms with Gasteiger partial charge in [-0.05, 0) is 19.9 Å². The molecule has 0 aliphatic heterocycles. The number of hydrogen-bond donors (Lipinski definition) is 1. The molecule has 0 aliphatic rings. The van der Waals surface area contributed by atoms with E-state index in [9.17, 15) is 0 Å². The highest BCUT2D eigenvalue weighted by atomic mass is 16.3. The predicted octanol–water partition coefficient (Wildman–Crippen LogP) is 2.91. The maximum atomic E-state index is 5.81. The smallest absolute Gasteiger partial charge is 0.109 e. The van der Waals surface area contributed by atoms with Crippen LogP contribution in [-0.4, -0.2) is 0 Å². The van der Waals surface area contributed by atoms with Crippen LogP contribution < -0.4 is 5.73 Å². The number of hydrogen-bond acceptors (Lipinski definition) is 2. The van der Waals surface area contributed by atoms with Crippen molar-refractivity contribution >= 4 is 0 Å². The summed E-state index contributed by atoms with van der Waals surface area (Å²) >= 11 is 0. The van der Waals surface area contributed by atoms with E-state index in [4.69, 9.17) is 10.2 Å². The molecule has 0 aliphatic carbocycles. The van der Waals surface area contributed by atoms with Crippen LogP contribution in [0.4, 0.5) is 0 Å². The van der Waals surface area contributed by atoms with Crippen LogP contribution in [0, 0.1) is 6.92 Å². The first-order valence-electron chi connectivity index (χ1n) is 4.68. The van der Waals surface area contributed by atoms with E-state index < -0.39 is 0 Å². The molecule has 0 radical (unpaired) electrons. The number of nitrogens with two attached hydrogens (primary N) is 1. The summed E-state index contributed by atoms with van der Waals surface area (Å²) in [7, 11) is 0. The van der Waals surface area contributed by atoms with Crippen LogP contribution in [-0.2, 0) is 5.41 Å². The van der Waals surface area contributed by atoms with Gasteiger partial charge in [-0.3, -0.25) is 0 Å². The van der Waals surface area contributed by atoms with Gasteiger partial charge in [0, 0.05) is 17.0 Å². The van der Waals surface area contributed by atoms with Crippen LogP contribution in [0.3, 0.4) is 0 Å². The Kier molecular flexibility index (Phi) is 2.53. The topological polar surface area (TPSA) is 39.2 Å². The number of rotatable bonds is 1. The Hall–Kier alpha value is -0.760. The third kappa shape index (κ3) is 2.13. The molecular formula is C11H19NO. The van der Waals surface area contributed by atoms with Crippen LogP contribution in [0.15, 0.2) is 10.5 Å². The van der Waals surface area contributed by atoms with Gasteiger partial charge in [0.05, 0.1) is 0 Å². The molecule has 1 aromatic heterocycles. The van der Waals surface area contributed by atoms with Gasteiger partial charge >= 0.3 is 0 Å². The van der Waals surface area contributed by atoms with E-state index in [-0.39, 0.29) is 11.5 Å². The summed E-state index contributed by atoms with van der Waals surface area (Å²) < 4.78 is 5.66. The predicted molar refractivity (Wildman–Crippen MR) is 54.7 cm³/mol. The SMILES string of the molecule is Cc1oc(C(C)(C)C)cc1C(C)N. The van der Waals surface area contributed by atoms with Gasteiger partial charge < -0.3 is 10.2 Å². The van der Waals surface area contributed by atoms with Gasteiger partial charge in [0.2, 0.25) is 0 Å². The Labute approximate surface area is 80.1 Å². The number of aryl methyl sites for hydroxylation is 1. The summed E-state index contributed by atoms with van der Waals surface area (Å²) in [6, 6.07) is 2.12. The largest absolute Gasteiger partial charge is 0.465 e. The van der Waals surface area contributed by atoms with Crippen molar-refractivity contribution in [2.45, 2.75) is 46.1 Å². The van der Waals surface area contributed by atoms with E-state index in [1.165, 1.54) is 0 Å². The highest BCUT2D eigenvalue weighted by Gasteiger charge is 2.21. The van der Waals surface area contributed by atoms with Crippen LogP contribution in [0.25, 0.3) is 0 Å². The van der Waals surface area contributed by atoms with Crippen molar-refractivity contribution in [2.75, 3.05) is 0 Å². The first-order chi connectivity index (χ1) is 5.82. The minimum atomic E-state index is 0.0554. The summed E-state index contributed by atoms with van der Waals surface area (Å²) in [6.07, 6.45) is 0. The van der Waals surface area contributed by atoms with Crippen LogP contribution in [0.2, 0.25) is 0 Å². The Morgan fingerprint density at radius 1 is 1.38 bits per heavy atom. The lowest BCUT2D eigenvalue weighted by atomic mass is 9.92. The fourth-order valence-corrected chi connectivity index (χ4v) is 1.32. The molecule has 2 heteroatoms. The fourth-order valence-electron chi connectivity index (χ4n) is 1.32. The van der Waals surface area contributed by atoms with Crippen molar-refractivity contribution in [2.24, 2.45) is 5.73 Å². The van der Waals surface area contributed by atoms with E-state index in [2.05, 4.69) is 26.8 Å². The molecule has 1 atom stereocenters. The molecule has 2 nitrogen and oxygen atoms in total. The van der Waals surface area contributed by atoms with Crippen molar-refractivity contribution in [1.82, 2.24) is 0 Å². The summed E-state index contributed by atoms with van der Waals surface area (Å²) in [5.41, 5.74) is 6.99. The molecule has 0 saturated carbocycles. The van der Waals surface area contributed by atoms with Gasteiger partial charge in [0.1, 0.15) is 11.5 Å². The second-order valence-electron chi connectivity index (χ2n) is 4.66. The molecule has 0 aromatic carbocycles. The molecule has 0 amide bonds. The van der Waals surface area contributed by atoms with Gasteiger partial charge in [-0.15, -0.1) is 0 Å². The van der Waals surface area contributed by atoms with Gasteiger partial charge in [-0.25, -0.2) is 0 Å². The molecular weight excluding hydrogens is 162 g/mol. The normalized spacial score (nSPS) is 14.6. The van der Waals surface area contributed by atoms with E-state index in [1.807, 2.05) is 13.8 Å². The molecule has 1 heterocycles. The molecule has 0 spiro atoms. The van der Waals surface area contributed by atoms with Crippen LogP contribution in [0.5, 0.6) is 0 Å². The van der Waals surface area contributed by atoms with Crippen LogP contribution >= 0.6 is 0 Å². The zero-order valence-electron chi connectivity index (χ0n) is 9.14. The van der Waals surface area contributed by atoms with Gasteiger partial charge in [0.25, 0.3) is 0 Å². The third-order valence-electron chi connectivity index (χ3n) is 2.19. The molecule has 0 saturated heterocycles. The second kappa shape index (κ2) is 3.18.